The molecule has 0 saturated heterocycles. The summed E-state index contributed by atoms with van der Waals surface area (Å²) in [5, 5.41) is 3.19. The Bertz CT molecular complexity index is 1710. The second-order valence-corrected chi connectivity index (χ2v) is 13.9. The quantitative estimate of drug-likeness (QED) is 0.178. The highest BCUT2D eigenvalue weighted by Gasteiger charge is 2.35. The van der Waals surface area contributed by atoms with Gasteiger partial charge in [0.25, 0.3) is 10.0 Å². The van der Waals surface area contributed by atoms with Gasteiger partial charge in [-0.1, -0.05) is 115 Å². The Labute approximate surface area is 271 Å². The number of para-hydroxylation sites is 1. The number of sulfonamides is 1. The van der Waals surface area contributed by atoms with Crippen LogP contribution in [0.3, 0.4) is 0 Å². The number of carbonyl (C=O) groups is 2. The Morgan fingerprint density at radius 1 is 0.800 bits per heavy atom. The van der Waals surface area contributed by atoms with Gasteiger partial charge in [-0.25, -0.2) is 8.42 Å². The van der Waals surface area contributed by atoms with Gasteiger partial charge in [-0.2, -0.15) is 0 Å². The maximum Gasteiger partial charge on any atom is 0.264 e. The van der Waals surface area contributed by atoms with Crippen LogP contribution in [0.5, 0.6) is 0 Å². The molecule has 0 aromatic heterocycles. The van der Waals surface area contributed by atoms with E-state index in [4.69, 9.17) is 11.6 Å². The van der Waals surface area contributed by atoms with Crippen LogP contribution in [-0.2, 0) is 32.6 Å². The van der Waals surface area contributed by atoms with Gasteiger partial charge in [-0.05, 0) is 55.2 Å². The highest BCUT2D eigenvalue weighted by Crippen LogP contribution is 2.31. The molecule has 0 spiro atoms. The highest BCUT2D eigenvalue weighted by atomic mass is 35.5. The molecule has 7 nitrogen and oxygen atoms in total. The van der Waals surface area contributed by atoms with E-state index in [-0.39, 0.29) is 40.4 Å². The molecule has 0 heterocycles. The number of anilines is 1. The Hall–Kier alpha value is -4.14. The second kappa shape index (κ2) is 15.2. The molecule has 0 fully saturated rings. The summed E-state index contributed by atoms with van der Waals surface area (Å²) in [6.45, 7) is 7.80. The maximum atomic E-state index is 14.5. The van der Waals surface area contributed by atoms with E-state index in [0.717, 1.165) is 26.6 Å². The summed E-state index contributed by atoms with van der Waals surface area (Å²) < 4.78 is 29.3. The number of rotatable bonds is 13. The molecule has 1 N–H and O–H groups in total. The molecule has 2 amide bonds. The third-order valence-corrected chi connectivity index (χ3v) is 9.49. The van der Waals surface area contributed by atoms with Crippen molar-refractivity contribution in [1.82, 2.24) is 10.2 Å². The van der Waals surface area contributed by atoms with Gasteiger partial charge in [0.1, 0.15) is 12.6 Å². The Morgan fingerprint density at radius 2 is 1.44 bits per heavy atom. The van der Waals surface area contributed by atoms with Crippen molar-refractivity contribution in [3.63, 3.8) is 0 Å². The first-order valence-electron chi connectivity index (χ1n) is 15.0. The summed E-state index contributed by atoms with van der Waals surface area (Å²) in [7, 11) is -4.23. The molecule has 1 atom stereocenters. The number of nitrogens with one attached hydrogen (secondary N) is 1. The SMILES string of the molecule is Cc1ccc(S(=O)(=O)N(CC(=O)N(Cc2cccc(C)c2)C(Cc2ccccc2)C(=O)NCC(C)C)c2ccccc2Cl)cc1. The molecule has 9 heteroatoms. The summed E-state index contributed by atoms with van der Waals surface area (Å²) in [5.41, 5.74) is 3.77. The molecule has 1 unspecified atom stereocenters. The Balaban J connectivity index is 1.81. The molecule has 45 heavy (non-hydrogen) atoms. The maximum absolute atomic E-state index is 14.5. The van der Waals surface area contributed by atoms with Gasteiger partial charge in [-0.3, -0.25) is 13.9 Å². The fourth-order valence-electron chi connectivity index (χ4n) is 4.99. The fourth-order valence-corrected chi connectivity index (χ4v) is 6.71. The van der Waals surface area contributed by atoms with Gasteiger partial charge in [0.15, 0.2) is 0 Å². The zero-order valence-corrected chi connectivity index (χ0v) is 27.7. The van der Waals surface area contributed by atoms with Crippen LogP contribution in [0.15, 0.2) is 108 Å². The van der Waals surface area contributed by atoms with Crippen molar-refractivity contribution < 1.29 is 18.0 Å². The zero-order chi connectivity index (χ0) is 32.6. The third kappa shape index (κ3) is 8.96. The summed E-state index contributed by atoms with van der Waals surface area (Å²) in [5.74, 6) is -0.644. The van der Waals surface area contributed by atoms with E-state index >= 15 is 0 Å². The molecule has 0 aliphatic rings. The van der Waals surface area contributed by atoms with E-state index in [2.05, 4.69) is 5.32 Å². The molecule has 236 valence electrons. The van der Waals surface area contributed by atoms with Gasteiger partial charge in [0.2, 0.25) is 11.8 Å². The first kappa shape index (κ1) is 33.7. The number of carbonyl (C=O) groups excluding carboxylic acids is 2. The van der Waals surface area contributed by atoms with E-state index in [1.54, 1.807) is 36.4 Å². The van der Waals surface area contributed by atoms with Crippen LogP contribution < -0.4 is 9.62 Å². The van der Waals surface area contributed by atoms with Crippen LogP contribution in [0.25, 0.3) is 0 Å². The number of hydrogen-bond donors (Lipinski definition) is 1. The van der Waals surface area contributed by atoms with Crippen molar-refractivity contribution in [2.24, 2.45) is 5.92 Å². The fraction of sp³-hybridized carbons (Fsp3) is 0.278. The number of halogens is 1. The largest absolute Gasteiger partial charge is 0.354 e. The van der Waals surface area contributed by atoms with Gasteiger partial charge < -0.3 is 10.2 Å². The smallest absolute Gasteiger partial charge is 0.264 e. The normalized spacial score (nSPS) is 12.0. The average molecular weight is 646 g/mol. The molecule has 0 aliphatic heterocycles. The van der Waals surface area contributed by atoms with Gasteiger partial charge in [-0.15, -0.1) is 0 Å². The Kier molecular flexibility index (Phi) is 11.4. The van der Waals surface area contributed by atoms with Crippen LogP contribution >= 0.6 is 11.6 Å². The molecule has 0 aliphatic carbocycles. The predicted molar refractivity (Wildman–Crippen MR) is 181 cm³/mol. The average Bonchev–Trinajstić information content (AvgIpc) is 3.01. The summed E-state index contributed by atoms with van der Waals surface area (Å²) >= 11 is 6.54. The second-order valence-electron chi connectivity index (χ2n) is 11.6. The van der Waals surface area contributed by atoms with E-state index in [1.807, 2.05) is 82.3 Å². The van der Waals surface area contributed by atoms with Crippen molar-refractivity contribution in [1.29, 1.82) is 0 Å². The monoisotopic (exact) mass is 645 g/mol. The van der Waals surface area contributed by atoms with Crippen LogP contribution in [0.1, 0.15) is 36.1 Å². The van der Waals surface area contributed by atoms with Gasteiger partial charge in [0, 0.05) is 19.5 Å². The lowest BCUT2D eigenvalue weighted by Crippen LogP contribution is -2.53. The number of amides is 2. The molecule has 0 bridgehead atoms. The van der Waals surface area contributed by atoms with Crippen LogP contribution in [0, 0.1) is 19.8 Å². The van der Waals surface area contributed by atoms with E-state index in [9.17, 15) is 18.0 Å². The van der Waals surface area contributed by atoms with Crippen molar-refractivity contribution in [2.75, 3.05) is 17.4 Å². The number of hydrogen-bond acceptors (Lipinski definition) is 4. The lowest BCUT2D eigenvalue weighted by atomic mass is 10.0. The summed E-state index contributed by atoms with van der Waals surface area (Å²) in [4.78, 5) is 29.9. The molecule has 0 radical (unpaired) electrons. The van der Waals surface area contributed by atoms with E-state index in [0.29, 0.717) is 6.54 Å². The van der Waals surface area contributed by atoms with Crippen molar-refractivity contribution in [3.05, 3.63) is 130 Å². The molecular formula is C36H40ClN3O4S. The zero-order valence-electron chi connectivity index (χ0n) is 26.1. The molecule has 4 aromatic rings. The van der Waals surface area contributed by atoms with Gasteiger partial charge >= 0.3 is 0 Å². The lowest BCUT2D eigenvalue weighted by Gasteiger charge is -2.34. The van der Waals surface area contributed by atoms with E-state index in [1.165, 1.54) is 17.0 Å². The minimum atomic E-state index is -4.23. The topological polar surface area (TPSA) is 86.8 Å². The molecule has 0 saturated carbocycles. The number of aryl methyl sites for hydroxylation is 2. The lowest BCUT2D eigenvalue weighted by molar-refractivity contribution is -0.140. The predicted octanol–water partition coefficient (Wildman–Crippen LogP) is 6.56. The van der Waals surface area contributed by atoms with Crippen molar-refractivity contribution in [3.8, 4) is 0 Å². The third-order valence-electron chi connectivity index (χ3n) is 7.40. The molecule has 4 rings (SSSR count). The summed E-state index contributed by atoms with van der Waals surface area (Å²) in [6.07, 6.45) is 0.249. The van der Waals surface area contributed by atoms with Crippen LogP contribution in [0.4, 0.5) is 5.69 Å². The van der Waals surface area contributed by atoms with Crippen LogP contribution in [-0.4, -0.2) is 44.3 Å². The standard InChI is InChI=1S/C36H40ClN3O4S/c1-26(2)23-38-36(42)34(22-29-12-6-5-7-13-29)39(24-30-14-10-11-28(4)21-30)35(41)25-40(33-16-9-8-15-32(33)37)45(43,44)31-19-17-27(3)18-20-31/h5-21,26,34H,22-25H2,1-4H3,(H,38,42). The number of nitrogens with zero attached hydrogens (tertiary/aromatic N) is 2. The summed E-state index contributed by atoms with van der Waals surface area (Å²) in [6, 6.07) is 29.3. The highest BCUT2D eigenvalue weighted by molar-refractivity contribution is 7.92. The van der Waals surface area contributed by atoms with Crippen molar-refractivity contribution in [2.45, 2.75) is 51.6 Å². The first-order chi connectivity index (χ1) is 21.5. The minimum Gasteiger partial charge on any atom is -0.354 e. The molecular weight excluding hydrogens is 606 g/mol. The first-order valence-corrected chi connectivity index (χ1v) is 16.8. The molecule has 4 aromatic carbocycles. The van der Waals surface area contributed by atoms with Crippen LogP contribution in [0.2, 0.25) is 5.02 Å². The van der Waals surface area contributed by atoms with Gasteiger partial charge in [0.05, 0.1) is 15.6 Å². The van der Waals surface area contributed by atoms with E-state index < -0.39 is 28.5 Å². The minimum absolute atomic E-state index is 0.0292. The number of benzene rings is 4. The Morgan fingerprint density at radius 3 is 2.09 bits per heavy atom. The van der Waals surface area contributed by atoms with Crippen molar-refractivity contribution >= 4 is 39.1 Å².